The van der Waals surface area contributed by atoms with Crippen LogP contribution in [-0.4, -0.2) is 23.2 Å². The van der Waals surface area contributed by atoms with Crippen LogP contribution >= 0.6 is 0 Å². The molecule has 3 nitrogen and oxygen atoms in total. The Balaban J connectivity index is 2.46. The lowest BCUT2D eigenvalue weighted by Gasteiger charge is -2.31. The lowest BCUT2D eigenvalue weighted by atomic mass is 9.84. The van der Waals surface area contributed by atoms with Gasteiger partial charge in [0.05, 0.1) is 0 Å². The maximum atomic E-state index is 11.1. The highest BCUT2D eigenvalue weighted by Gasteiger charge is 2.27. The van der Waals surface area contributed by atoms with Crippen LogP contribution in [0.5, 0.6) is 0 Å². The Morgan fingerprint density at radius 3 is 2.19 bits per heavy atom. The molecule has 1 aliphatic carbocycles. The van der Waals surface area contributed by atoms with Gasteiger partial charge in [0.15, 0.2) is 0 Å². The van der Waals surface area contributed by atoms with Crippen molar-refractivity contribution in [1.29, 1.82) is 0 Å². The van der Waals surface area contributed by atoms with Gasteiger partial charge in [0.1, 0.15) is 6.04 Å². The first-order chi connectivity index (χ1) is 7.52. The van der Waals surface area contributed by atoms with Crippen molar-refractivity contribution >= 4 is 5.97 Å². The number of rotatable bonds is 5. The zero-order valence-electron chi connectivity index (χ0n) is 10.7. The van der Waals surface area contributed by atoms with Gasteiger partial charge in [-0.25, -0.2) is 0 Å². The summed E-state index contributed by atoms with van der Waals surface area (Å²) in [6.45, 7) is 6.05. The van der Waals surface area contributed by atoms with Crippen LogP contribution in [0.4, 0.5) is 0 Å². The first-order valence-electron chi connectivity index (χ1n) is 6.51. The van der Waals surface area contributed by atoms with E-state index in [4.69, 9.17) is 5.11 Å². The summed E-state index contributed by atoms with van der Waals surface area (Å²) in [5.41, 5.74) is 0. The van der Waals surface area contributed by atoms with E-state index < -0.39 is 12.0 Å². The summed E-state index contributed by atoms with van der Waals surface area (Å²) in [5, 5.41) is 12.4. The Morgan fingerprint density at radius 1 is 1.19 bits per heavy atom. The molecule has 1 aliphatic rings. The number of hydrogen-bond acceptors (Lipinski definition) is 2. The molecule has 0 bridgehead atoms. The van der Waals surface area contributed by atoms with Crippen molar-refractivity contribution in [3.05, 3.63) is 0 Å². The van der Waals surface area contributed by atoms with Crippen molar-refractivity contribution in [2.24, 2.45) is 11.8 Å². The Labute approximate surface area is 98.6 Å². The Kier molecular flexibility index (Phi) is 5.26. The van der Waals surface area contributed by atoms with E-state index in [9.17, 15) is 4.79 Å². The quantitative estimate of drug-likeness (QED) is 0.759. The molecule has 0 aliphatic heterocycles. The minimum atomic E-state index is -0.724. The van der Waals surface area contributed by atoms with Gasteiger partial charge in [-0.3, -0.25) is 4.79 Å². The summed E-state index contributed by atoms with van der Waals surface area (Å²) in [4.78, 5) is 11.1. The van der Waals surface area contributed by atoms with Crippen molar-refractivity contribution < 1.29 is 9.90 Å². The smallest absolute Gasteiger partial charge is 0.320 e. The normalized spacial score (nSPS) is 22.0. The number of carbonyl (C=O) groups is 1. The van der Waals surface area contributed by atoms with Gasteiger partial charge >= 0.3 is 5.97 Å². The molecule has 2 atom stereocenters. The second-order valence-corrected chi connectivity index (χ2v) is 5.41. The highest BCUT2D eigenvalue weighted by atomic mass is 16.4. The average molecular weight is 227 g/mol. The van der Waals surface area contributed by atoms with Crippen molar-refractivity contribution in [3.63, 3.8) is 0 Å². The topological polar surface area (TPSA) is 49.3 Å². The third-order valence-electron chi connectivity index (χ3n) is 3.73. The third kappa shape index (κ3) is 3.78. The van der Waals surface area contributed by atoms with Crippen LogP contribution in [0.1, 0.15) is 52.9 Å². The van der Waals surface area contributed by atoms with Gasteiger partial charge in [-0.15, -0.1) is 0 Å². The van der Waals surface area contributed by atoms with Gasteiger partial charge in [-0.1, -0.05) is 33.1 Å². The molecule has 0 aromatic rings. The minimum Gasteiger partial charge on any atom is -0.480 e. The molecule has 3 heteroatoms. The van der Waals surface area contributed by atoms with Crippen molar-refractivity contribution in [2.45, 2.75) is 65.0 Å². The molecule has 1 fully saturated rings. The predicted octanol–water partition coefficient (Wildman–Crippen LogP) is 2.65. The van der Waals surface area contributed by atoms with E-state index in [-0.39, 0.29) is 5.92 Å². The Morgan fingerprint density at radius 2 is 1.75 bits per heavy atom. The SMILES string of the molecule is CC(C)C(N[C@H](C)C1CCCCC1)C(=O)O. The zero-order chi connectivity index (χ0) is 12.1. The Hall–Kier alpha value is -0.570. The molecule has 0 aromatic heterocycles. The van der Waals surface area contributed by atoms with Gasteiger partial charge in [-0.05, 0) is 31.6 Å². The van der Waals surface area contributed by atoms with Gasteiger partial charge in [0.2, 0.25) is 0 Å². The van der Waals surface area contributed by atoms with Gasteiger partial charge in [0.25, 0.3) is 0 Å². The largest absolute Gasteiger partial charge is 0.480 e. The summed E-state index contributed by atoms with van der Waals surface area (Å²) in [5.74, 6) is 0.0792. The first-order valence-corrected chi connectivity index (χ1v) is 6.51. The van der Waals surface area contributed by atoms with Gasteiger partial charge < -0.3 is 10.4 Å². The summed E-state index contributed by atoms with van der Waals surface area (Å²) < 4.78 is 0. The lowest BCUT2D eigenvalue weighted by Crippen LogP contribution is -2.48. The average Bonchev–Trinajstić information content (AvgIpc) is 2.25. The van der Waals surface area contributed by atoms with E-state index >= 15 is 0 Å². The first kappa shape index (κ1) is 13.5. The number of hydrogen-bond donors (Lipinski definition) is 2. The van der Waals surface area contributed by atoms with Gasteiger partial charge in [0, 0.05) is 6.04 Å². The minimum absolute atomic E-state index is 0.142. The lowest BCUT2D eigenvalue weighted by molar-refractivity contribution is -0.141. The highest BCUT2D eigenvalue weighted by molar-refractivity contribution is 5.73. The Bertz CT molecular complexity index is 222. The molecule has 1 unspecified atom stereocenters. The summed E-state index contributed by atoms with van der Waals surface area (Å²) in [6.07, 6.45) is 6.44. The molecule has 0 radical (unpaired) electrons. The van der Waals surface area contributed by atoms with Crippen LogP contribution in [-0.2, 0) is 4.79 Å². The molecule has 2 N–H and O–H groups in total. The summed E-state index contributed by atoms with van der Waals surface area (Å²) in [6, 6.07) is -0.0827. The second-order valence-electron chi connectivity index (χ2n) is 5.41. The summed E-state index contributed by atoms with van der Waals surface area (Å²) in [7, 11) is 0. The van der Waals surface area contributed by atoms with Crippen LogP contribution in [0.2, 0.25) is 0 Å². The monoisotopic (exact) mass is 227 g/mol. The molecule has 1 rings (SSSR count). The summed E-state index contributed by atoms with van der Waals surface area (Å²) >= 11 is 0. The maximum Gasteiger partial charge on any atom is 0.320 e. The number of carboxylic acid groups (broad SMARTS) is 1. The fourth-order valence-electron chi connectivity index (χ4n) is 2.60. The van der Waals surface area contributed by atoms with Gasteiger partial charge in [-0.2, -0.15) is 0 Å². The fourth-order valence-corrected chi connectivity index (χ4v) is 2.60. The molecule has 16 heavy (non-hydrogen) atoms. The van der Waals surface area contributed by atoms with Crippen LogP contribution in [0.25, 0.3) is 0 Å². The third-order valence-corrected chi connectivity index (χ3v) is 3.73. The predicted molar refractivity (Wildman–Crippen MR) is 65.4 cm³/mol. The number of nitrogens with one attached hydrogen (secondary N) is 1. The highest BCUT2D eigenvalue weighted by Crippen LogP contribution is 2.26. The van der Waals surface area contributed by atoms with Crippen LogP contribution < -0.4 is 5.32 Å². The molecule has 94 valence electrons. The van der Waals surface area contributed by atoms with E-state index in [2.05, 4.69) is 12.2 Å². The van der Waals surface area contributed by atoms with E-state index in [0.717, 1.165) is 0 Å². The molecule has 1 saturated carbocycles. The van der Waals surface area contributed by atoms with E-state index in [1.165, 1.54) is 32.1 Å². The molecule has 0 spiro atoms. The second kappa shape index (κ2) is 6.24. The molecule has 0 heterocycles. The zero-order valence-corrected chi connectivity index (χ0v) is 10.7. The van der Waals surface area contributed by atoms with E-state index in [1.54, 1.807) is 0 Å². The van der Waals surface area contributed by atoms with E-state index in [0.29, 0.717) is 12.0 Å². The van der Waals surface area contributed by atoms with Crippen molar-refractivity contribution in [1.82, 2.24) is 5.32 Å². The molecule has 0 amide bonds. The maximum absolute atomic E-state index is 11.1. The van der Waals surface area contributed by atoms with Crippen molar-refractivity contribution in [3.8, 4) is 0 Å². The molecule has 0 saturated heterocycles. The van der Waals surface area contributed by atoms with Crippen LogP contribution in [0, 0.1) is 11.8 Å². The molecular formula is C13H25NO2. The molecular weight excluding hydrogens is 202 g/mol. The molecule has 0 aromatic carbocycles. The van der Waals surface area contributed by atoms with Crippen LogP contribution in [0.15, 0.2) is 0 Å². The number of carboxylic acids is 1. The van der Waals surface area contributed by atoms with Crippen molar-refractivity contribution in [2.75, 3.05) is 0 Å². The van der Waals surface area contributed by atoms with Crippen LogP contribution in [0.3, 0.4) is 0 Å². The fraction of sp³-hybridized carbons (Fsp3) is 0.923. The van der Waals surface area contributed by atoms with E-state index in [1.807, 2.05) is 13.8 Å². The standard InChI is InChI=1S/C13H25NO2/c1-9(2)12(13(15)16)14-10(3)11-7-5-4-6-8-11/h9-12,14H,4-8H2,1-3H3,(H,15,16)/t10-,12?/m1/s1. The number of aliphatic carboxylic acids is 1.